The van der Waals surface area contributed by atoms with E-state index < -0.39 is 0 Å². The van der Waals surface area contributed by atoms with E-state index >= 15 is 0 Å². The average molecular weight is 276 g/mol. The first kappa shape index (κ1) is 15.3. The van der Waals surface area contributed by atoms with Crippen LogP contribution < -0.4 is 10.1 Å². The molecule has 0 spiro atoms. The van der Waals surface area contributed by atoms with Crippen LogP contribution in [0.15, 0.2) is 18.3 Å². The number of nitrogens with one attached hydrogen (secondary N) is 1. The zero-order valence-corrected chi connectivity index (χ0v) is 13.2. The van der Waals surface area contributed by atoms with Crippen molar-refractivity contribution in [2.75, 3.05) is 0 Å². The van der Waals surface area contributed by atoms with Crippen LogP contribution in [0.2, 0.25) is 0 Å². The first-order valence-electron chi connectivity index (χ1n) is 7.90. The van der Waals surface area contributed by atoms with Gasteiger partial charge in [-0.15, -0.1) is 0 Å². The van der Waals surface area contributed by atoms with Crippen molar-refractivity contribution < 1.29 is 4.74 Å². The highest BCUT2D eigenvalue weighted by molar-refractivity contribution is 5.25. The van der Waals surface area contributed by atoms with Gasteiger partial charge in [-0.1, -0.05) is 26.3 Å². The Hall–Kier alpha value is -1.09. The number of aromatic nitrogens is 1. The molecule has 112 valence electrons. The Bertz CT molecular complexity index is 419. The minimum Gasteiger partial charge on any atom is -0.475 e. The summed E-state index contributed by atoms with van der Waals surface area (Å²) in [6, 6.07) is 4.71. The second-order valence-electron chi connectivity index (χ2n) is 6.52. The fourth-order valence-corrected chi connectivity index (χ4v) is 2.95. The van der Waals surface area contributed by atoms with Crippen molar-refractivity contribution in [2.24, 2.45) is 11.8 Å². The molecule has 1 heterocycles. The molecule has 1 aliphatic rings. The molecule has 3 heteroatoms. The van der Waals surface area contributed by atoms with Gasteiger partial charge in [0, 0.05) is 24.3 Å². The Labute approximate surface area is 123 Å². The van der Waals surface area contributed by atoms with Crippen LogP contribution in [0.1, 0.15) is 52.5 Å². The summed E-state index contributed by atoms with van der Waals surface area (Å²) >= 11 is 0. The molecular formula is C17H28N2O. The smallest absolute Gasteiger partial charge is 0.218 e. The van der Waals surface area contributed by atoms with Gasteiger partial charge in [0.2, 0.25) is 5.88 Å². The molecular weight excluding hydrogens is 248 g/mol. The fourth-order valence-electron chi connectivity index (χ4n) is 2.95. The third-order valence-electron chi connectivity index (χ3n) is 4.21. The molecule has 1 fully saturated rings. The van der Waals surface area contributed by atoms with Gasteiger partial charge < -0.3 is 10.1 Å². The highest BCUT2D eigenvalue weighted by Crippen LogP contribution is 2.29. The molecule has 20 heavy (non-hydrogen) atoms. The van der Waals surface area contributed by atoms with E-state index in [0.29, 0.717) is 6.04 Å². The average Bonchev–Trinajstić information content (AvgIpc) is 2.41. The van der Waals surface area contributed by atoms with Crippen LogP contribution in [0.25, 0.3) is 0 Å². The molecule has 0 amide bonds. The van der Waals surface area contributed by atoms with Crippen molar-refractivity contribution in [2.45, 2.75) is 65.6 Å². The van der Waals surface area contributed by atoms with Gasteiger partial charge in [0.05, 0.1) is 6.10 Å². The topological polar surface area (TPSA) is 34.2 Å². The van der Waals surface area contributed by atoms with Crippen molar-refractivity contribution in [3.63, 3.8) is 0 Å². The minimum absolute atomic E-state index is 0.164. The molecule has 0 radical (unpaired) electrons. The molecule has 1 aromatic heterocycles. The molecule has 3 atom stereocenters. The van der Waals surface area contributed by atoms with E-state index in [1.807, 2.05) is 19.9 Å². The van der Waals surface area contributed by atoms with Crippen LogP contribution in [0, 0.1) is 11.8 Å². The third-order valence-corrected chi connectivity index (χ3v) is 4.21. The zero-order valence-electron chi connectivity index (χ0n) is 13.2. The van der Waals surface area contributed by atoms with Crippen molar-refractivity contribution in [3.8, 4) is 5.88 Å². The standard InChI is InChI=1S/C17H28N2O/c1-12(2)20-17-15(6-5-9-18-17)11-19-16-10-13(3)7-8-14(16)4/h5-6,9,12-14,16,19H,7-8,10-11H2,1-4H3. The van der Waals surface area contributed by atoms with E-state index in [4.69, 9.17) is 4.74 Å². The maximum atomic E-state index is 5.78. The molecule has 3 unspecified atom stereocenters. The number of hydrogen-bond acceptors (Lipinski definition) is 3. The van der Waals surface area contributed by atoms with Crippen molar-refractivity contribution >= 4 is 0 Å². The van der Waals surface area contributed by atoms with Crippen LogP contribution in [-0.4, -0.2) is 17.1 Å². The second-order valence-corrected chi connectivity index (χ2v) is 6.52. The number of pyridine rings is 1. The first-order chi connectivity index (χ1) is 9.56. The largest absolute Gasteiger partial charge is 0.475 e. The summed E-state index contributed by atoms with van der Waals surface area (Å²) in [4.78, 5) is 4.35. The highest BCUT2D eigenvalue weighted by Gasteiger charge is 2.25. The summed E-state index contributed by atoms with van der Waals surface area (Å²) in [5.41, 5.74) is 1.16. The Morgan fingerprint density at radius 2 is 2.15 bits per heavy atom. The molecule has 1 saturated carbocycles. The van der Waals surface area contributed by atoms with Gasteiger partial charge in [-0.3, -0.25) is 0 Å². The van der Waals surface area contributed by atoms with E-state index in [1.165, 1.54) is 19.3 Å². The third kappa shape index (κ3) is 4.20. The molecule has 3 nitrogen and oxygen atoms in total. The quantitative estimate of drug-likeness (QED) is 0.888. The lowest BCUT2D eigenvalue weighted by atomic mass is 9.80. The summed E-state index contributed by atoms with van der Waals surface area (Å²) in [5.74, 6) is 2.37. The molecule has 0 aliphatic heterocycles. The Kier molecular flexibility index (Phi) is 5.41. The Morgan fingerprint density at radius 3 is 2.90 bits per heavy atom. The van der Waals surface area contributed by atoms with Gasteiger partial charge in [-0.05, 0) is 44.6 Å². The fraction of sp³-hybridized carbons (Fsp3) is 0.706. The van der Waals surface area contributed by atoms with Crippen molar-refractivity contribution in [1.82, 2.24) is 10.3 Å². The predicted molar refractivity (Wildman–Crippen MR) is 82.8 cm³/mol. The van der Waals surface area contributed by atoms with Gasteiger partial charge in [0.15, 0.2) is 0 Å². The Morgan fingerprint density at radius 1 is 1.35 bits per heavy atom. The molecule has 1 N–H and O–H groups in total. The monoisotopic (exact) mass is 276 g/mol. The SMILES string of the molecule is CC1CCC(C)C(NCc2cccnc2OC(C)C)C1. The van der Waals surface area contributed by atoms with Crippen LogP contribution >= 0.6 is 0 Å². The molecule has 0 saturated heterocycles. The van der Waals surface area contributed by atoms with E-state index in [-0.39, 0.29) is 6.10 Å². The summed E-state index contributed by atoms with van der Waals surface area (Å²) in [5, 5.41) is 3.71. The van der Waals surface area contributed by atoms with Crippen LogP contribution in [0.5, 0.6) is 5.88 Å². The summed E-state index contributed by atoms with van der Waals surface area (Å²) in [6.45, 7) is 9.64. The first-order valence-corrected chi connectivity index (χ1v) is 7.90. The lowest BCUT2D eigenvalue weighted by molar-refractivity contribution is 0.218. The lowest BCUT2D eigenvalue weighted by Gasteiger charge is -2.33. The van der Waals surface area contributed by atoms with Gasteiger partial charge in [-0.2, -0.15) is 0 Å². The van der Waals surface area contributed by atoms with E-state index in [1.54, 1.807) is 6.20 Å². The van der Waals surface area contributed by atoms with Gasteiger partial charge >= 0.3 is 0 Å². The number of hydrogen-bond donors (Lipinski definition) is 1. The second kappa shape index (κ2) is 7.07. The summed E-state index contributed by atoms with van der Waals surface area (Å²) in [6.07, 6.45) is 5.95. The number of rotatable bonds is 5. The van der Waals surface area contributed by atoms with Crippen LogP contribution in [0.4, 0.5) is 0 Å². The van der Waals surface area contributed by atoms with Gasteiger partial charge in [0.1, 0.15) is 0 Å². The molecule has 1 aliphatic carbocycles. The molecule has 0 bridgehead atoms. The lowest BCUT2D eigenvalue weighted by Crippen LogP contribution is -2.39. The Balaban J connectivity index is 1.96. The highest BCUT2D eigenvalue weighted by atomic mass is 16.5. The van der Waals surface area contributed by atoms with Crippen LogP contribution in [-0.2, 0) is 6.54 Å². The number of nitrogens with zero attached hydrogens (tertiary/aromatic N) is 1. The van der Waals surface area contributed by atoms with E-state index in [0.717, 1.165) is 29.8 Å². The summed E-state index contributed by atoms with van der Waals surface area (Å²) < 4.78 is 5.78. The van der Waals surface area contributed by atoms with Gasteiger partial charge in [0.25, 0.3) is 0 Å². The summed E-state index contributed by atoms with van der Waals surface area (Å²) in [7, 11) is 0. The molecule has 1 aromatic rings. The molecule has 2 rings (SSSR count). The minimum atomic E-state index is 0.164. The van der Waals surface area contributed by atoms with Gasteiger partial charge in [-0.25, -0.2) is 4.98 Å². The normalized spacial score (nSPS) is 26.8. The zero-order chi connectivity index (χ0) is 14.5. The number of ether oxygens (including phenoxy) is 1. The van der Waals surface area contributed by atoms with Crippen molar-refractivity contribution in [3.05, 3.63) is 23.9 Å². The maximum absolute atomic E-state index is 5.78. The van der Waals surface area contributed by atoms with E-state index in [2.05, 4.69) is 30.2 Å². The predicted octanol–water partition coefficient (Wildman–Crippen LogP) is 3.78. The van der Waals surface area contributed by atoms with Crippen LogP contribution in [0.3, 0.4) is 0 Å². The molecule has 0 aromatic carbocycles. The van der Waals surface area contributed by atoms with Crippen molar-refractivity contribution in [1.29, 1.82) is 0 Å². The maximum Gasteiger partial charge on any atom is 0.218 e. The van der Waals surface area contributed by atoms with E-state index in [9.17, 15) is 0 Å².